The van der Waals surface area contributed by atoms with Crippen LogP contribution >= 0.6 is 0 Å². The molecule has 3 nitrogen and oxygen atoms in total. The summed E-state index contributed by atoms with van der Waals surface area (Å²) in [5.41, 5.74) is 5.53. The molecule has 0 radical (unpaired) electrons. The van der Waals surface area contributed by atoms with E-state index >= 15 is 0 Å². The normalized spacial score (nSPS) is 20.9. The van der Waals surface area contributed by atoms with Crippen LogP contribution in [0.4, 0.5) is 0 Å². The van der Waals surface area contributed by atoms with Gasteiger partial charge in [-0.25, -0.2) is 0 Å². The maximum atomic E-state index is 12.1. The van der Waals surface area contributed by atoms with Gasteiger partial charge in [-0.15, -0.1) is 0 Å². The summed E-state index contributed by atoms with van der Waals surface area (Å²) in [7, 11) is 0. The Hall–Kier alpha value is -0.570. The van der Waals surface area contributed by atoms with Gasteiger partial charge in [0.15, 0.2) is 0 Å². The van der Waals surface area contributed by atoms with Gasteiger partial charge in [0.05, 0.1) is 0 Å². The molecule has 2 atom stereocenters. The van der Waals surface area contributed by atoms with E-state index in [9.17, 15) is 4.79 Å². The van der Waals surface area contributed by atoms with Crippen LogP contribution in [0.3, 0.4) is 0 Å². The van der Waals surface area contributed by atoms with Crippen LogP contribution in [0.5, 0.6) is 0 Å². The Morgan fingerprint density at radius 1 is 1.35 bits per heavy atom. The molecule has 0 aliphatic heterocycles. The summed E-state index contributed by atoms with van der Waals surface area (Å²) >= 11 is 0. The van der Waals surface area contributed by atoms with Crippen molar-refractivity contribution in [3.63, 3.8) is 0 Å². The molecule has 0 saturated heterocycles. The highest BCUT2D eigenvalue weighted by atomic mass is 16.1. The van der Waals surface area contributed by atoms with E-state index in [-0.39, 0.29) is 17.9 Å². The van der Waals surface area contributed by atoms with Crippen LogP contribution in [-0.4, -0.2) is 18.5 Å². The summed E-state index contributed by atoms with van der Waals surface area (Å²) in [4.78, 5) is 12.1. The number of nitrogens with one attached hydrogen (secondary N) is 1. The van der Waals surface area contributed by atoms with E-state index < -0.39 is 0 Å². The average Bonchev–Trinajstić information content (AvgIpc) is 2.36. The molecular formula is C14H28N2O. The van der Waals surface area contributed by atoms with Crippen LogP contribution in [0.1, 0.15) is 58.8 Å². The highest BCUT2D eigenvalue weighted by molar-refractivity contribution is 5.78. The Labute approximate surface area is 106 Å². The van der Waals surface area contributed by atoms with Gasteiger partial charge in [-0.2, -0.15) is 0 Å². The molecule has 1 aliphatic rings. The lowest BCUT2D eigenvalue weighted by molar-refractivity contribution is -0.126. The summed E-state index contributed by atoms with van der Waals surface area (Å²) in [5.74, 6) is 1.16. The predicted molar refractivity (Wildman–Crippen MR) is 71.6 cm³/mol. The van der Waals surface area contributed by atoms with Crippen LogP contribution in [0.25, 0.3) is 0 Å². The van der Waals surface area contributed by atoms with Gasteiger partial charge in [-0.1, -0.05) is 39.0 Å². The van der Waals surface area contributed by atoms with Crippen molar-refractivity contribution in [3.8, 4) is 0 Å². The lowest BCUT2D eigenvalue weighted by atomic mass is 9.81. The first-order valence-electron chi connectivity index (χ1n) is 7.17. The maximum Gasteiger partial charge on any atom is 0.223 e. The molecular weight excluding hydrogens is 212 g/mol. The molecule has 0 heterocycles. The van der Waals surface area contributed by atoms with E-state index in [4.69, 9.17) is 5.73 Å². The number of rotatable bonds is 6. The van der Waals surface area contributed by atoms with Crippen LogP contribution < -0.4 is 11.1 Å². The molecule has 1 aliphatic carbocycles. The average molecular weight is 240 g/mol. The topological polar surface area (TPSA) is 55.1 Å². The molecule has 0 bridgehead atoms. The molecule has 1 unspecified atom stereocenters. The van der Waals surface area contributed by atoms with E-state index in [2.05, 4.69) is 12.2 Å². The highest BCUT2D eigenvalue weighted by Crippen LogP contribution is 2.30. The SMILES string of the molecule is CCC(CC1CCCCC1)C(=O)N[C@@H](C)CN. The first-order valence-corrected chi connectivity index (χ1v) is 7.17. The van der Waals surface area contributed by atoms with Crippen molar-refractivity contribution in [3.05, 3.63) is 0 Å². The number of carbonyl (C=O) groups is 1. The van der Waals surface area contributed by atoms with Gasteiger partial charge in [0, 0.05) is 18.5 Å². The summed E-state index contributed by atoms with van der Waals surface area (Å²) < 4.78 is 0. The summed E-state index contributed by atoms with van der Waals surface area (Å²) in [5, 5.41) is 3.01. The molecule has 3 heteroatoms. The number of carbonyl (C=O) groups excluding carboxylic acids is 1. The Balaban J connectivity index is 2.37. The minimum Gasteiger partial charge on any atom is -0.352 e. The largest absolute Gasteiger partial charge is 0.352 e. The van der Waals surface area contributed by atoms with Gasteiger partial charge in [0.2, 0.25) is 5.91 Å². The fourth-order valence-corrected chi connectivity index (χ4v) is 2.70. The van der Waals surface area contributed by atoms with Crippen molar-refractivity contribution in [1.29, 1.82) is 0 Å². The zero-order chi connectivity index (χ0) is 12.7. The zero-order valence-electron chi connectivity index (χ0n) is 11.4. The van der Waals surface area contributed by atoms with Gasteiger partial charge < -0.3 is 11.1 Å². The standard InChI is InChI=1S/C14H28N2O/c1-3-13(14(17)16-11(2)10-15)9-12-7-5-4-6-8-12/h11-13H,3-10,15H2,1-2H3,(H,16,17)/t11-,13?/m0/s1. The number of nitrogens with two attached hydrogens (primary N) is 1. The Kier molecular flexibility index (Phi) is 6.56. The quantitative estimate of drug-likeness (QED) is 0.749. The third-order valence-electron chi connectivity index (χ3n) is 3.95. The second-order valence-corrected chi connectivity index (χ2v) is 5.49. The zero-order valence-corrected chi connectivity index (χ0v) is 11.4. The monoisotopic (exact) mass is 240 g/mol. The Morgan fingerprint density at radius 3 is 2.53 bits per heavy atom. The summed E-state index contributed by atoms with van der Waals surface area (Å²) in [6, 6.07) is 0.0999. The summed E-state index contributed by atoms with van der Waals surface area (Å²) in [6.45, 7) is 4.59. The fraction of sp³-hybridized carbons (Fsp3) is 0.929. The van der Waals surface area contributed by atoms with E-state index in [1.165, 1.54) is 32.1 Å². The second kappa shape index (κ2) is 7.70. The van der Waals surface area contributed by atoms with Gasteiger partial charge in [0.1, 0.15) is 0 Å². The molecule has 0 spiro atoms. The van der Waals surface area contributed by atoms with Crippen molar-refractivity contribution in [1.82, 2.24) is 5.32 Å². The number of hydrogen-bond acceptors (Lipinski definition) is 2. The third-order valence-corrected chi connectivity index (χ3v) is 3.95. The van der Waals surface area contributed by atoms with Crippen molar-refractivity contribution >= 4 is 5.91 Å². The van der Waals surface area contributed by atoms with E-state index in [0.717, 1.165) is 18.8 Å². The predicted octanol–water partition coefficient (Wildman–Crippen LogP) is 2.45. The molecule has 1 saturated carbocycles. The van der Waals surface area contributed by atoms with E-state index in [1.807, 2.05) is 6.92 Å². The molecule has 0 aromatic carbocycles. The number of hydrogen-bond donors (Lipinski definition) is 2. The molecule has 3 N–H and O–H groups in total. The van der Waals surface area contributed by atoms with Crippen molar-refractivity contribution in [2.45, 2.75) is 64.8 Å². The fourth-order valence-electron chi connectivity index (χ4n) is 2.70. The van der Waals surface area contributed by atoms with E-state index in [0.29, 0.717) is 6.54 Å². The summed E-state index contributed by atoms with van der Waals surface area (Å²) in [6.07, 6.45) is 8.72. The third kappa shape index (κ3) is 5.07. The minimum atomic E-state index is 0.0999. The van der Waals surface area contributed by atoms with Gasteiger partial charge in [0.25, 0.3) is 0 Å². The van der Waals surface area contributed by atoms with Gasteiger partial charge in [-0.05, 0) is 25.7 Å². The van der Waals surface area contributed by atoms with Crippen LogP contribution in [0, 0.1) is 11.8 Å². The van der Waals surface area contributed by atoms with Crippen LogP contribution in [0.2, 0.25) is 0 Å². The molecule has 1 amide bonds. The highest BCUT2D eigenvalue weighted by Gasteiger charge is 2.23. The van der Waals surface area contributed by atoms with Crippen LogP contribution in [-0.2, 0) is 4.79 Å². The first kappa shape index (κ1) is 14.5. The molecule has 0 aromatic heterocycles. The molecule has 1 rings (SSSR count). The molecule has 1 fully saturated rings. The minimum absolute atomic E-state index is 0.0999. The number of amides is 1. The molecule has 0 aromatic rings. The Bertz CT molecular complexity index is 224. The maximum absolute atomic E-state index is 12.1. The lowest BCUT2D eigenvalue weighted by Gasteiger charge is -2.26. The van der Waals surface area contributed by atoms with Crippen molar-refractivity contribution in [2.24, 2.45) is 17.6 Å². The van der Waals surface area contributed by atoms with Crippen molar-refractivity contribution in [2.75, 3.05) is 6.54 Å². The smallest absolute Gasteiger partial charge is 0.223 e. The van der Waals surface area contributed by atoms with Gasteiger partial charge >= 0.3 is 0 Å². The van der Waals surface area contributed by atoms with E-state index in [1.54, 1.807) is 0 Å². The van der Waals surface area contributed by atoms with Gasteiger partial charge in [-0.3, -0.25) is 4.79 Å². The first-order chi connectivity index (χ1) is 8.17. The Morgan fingerprint density at radius 2 is 2.00 bits per heavy atom. The lowest BCUT2D eigenvalue weighted by Crippen LogP contribution is -2.41. The second-order valence-electron chi connectivity index (χ2n) is 5.49. The molecule has 100 valence electrons. The van der Waals surface area contributed by atoms with Crippen LogP contribution in [0.15, 0.2) is 0 Å². The van der Waals surface area contributed by atoms with Crippen molar-refractivity contribution < 1.29 is 4.79 Å². The molecule has 17 heavy (non-hydrogen) atoms.